The Morgan fingerprint density at radius 2 is 2.17 bits per heavy atom. The highest BCUT2D eigenvalue weighted by Gasteiger charge is 2.10. The smallest absolute Gasteiger partial charge is 0.234 e. The van der Waals surface area contributed by atoms with Crippen molar-refractivity contribution in [2.75, 3.05) is 6.54 Å². The number of rotatable bonds is 7. The minimum absolute atomic E-state index is 0.0303. The van der Waals surface area contributed by atoms with Crippen LogP contribution in [-0.2, 0) is 11.3 Å². The Bertz CT molecular complexity index is 368. The standard InChI is InChI=1S/C13H23N3O2/c1-5-6-9(2)15-13(17)8-14-7-12-10(3)16-18-11(12)4/h9,14H,5-8H2,1-4H3,(H,15,17). The molecule has 0 aliphatic rings. The first-order valence-corrected chi connectivity index (χ1v) is 6.46. The second-order valence-corrected chi connectivity index (χ2v) is 4.66. The highest BCUT2D eigenvalue weighted by molar-refractivity contribution is 5.78. The van der Waals surface area contributed by atoms with E-state index in [1.54, 1.807) is 0 Å². The molecule has 5 heteroatoms. The van der Waals surface area contributed by atoms with Gasteiger partial charge in [0.15, 0.2) is 0 Å². The highest BCUT2D eigenvalue weighted by atomic mass is 16.5. The normalized spacial score (nSPS) is 12.4. The van der Waals surface area contributed by atoms with Gasteiger partial charge in [0.25, 0.3) is 0 Å². The fraction of sp³-hybridized carbons (Fsp3) is 0.692. The van der Waals surface area contributed by atoms with Gasteiger partial charge in [-0.25, -0.2) is 0 Å². The summed E-state index contributed by atoms with van der Waals surface area (Å²) in [6, 6.07) is 0.239. The summed E-state index contributed by atoms with van der Waals surface area (Å²) in [5.41, 5.74) is 1.91. The zero-order chi connectivity index (χ0) is 13.5. The number of nitrogens with one attached hydrogen (secondary N) is 2. The molecule has 0 bridgehead atoms. The zero-order valence-electron chi connectivity index (χ0n) is 11.7. The first kappa shape index (κ1) is 14.7. The first-order chi connectivity index (χ1) is 8.54. The second kappa shape index (κ2) is 7.16. The van der Waals surface area contributed by atoms with Gasteiger partial charge in [-0.15, -0.1) is 0 Å². The summed E-state index contributed by atoms with van der Waals surface area (Å²) in [7, 11) is 0. The van der Waals surface area contributed by atoms with Crippen LogP contribution in [0.1, 0.15) is 43.7 Å². The van der Waals surface area contributed by atoms with Crippen LogP contribution in [0.5, 0.6) is 0 Å². The number of nitrogens with zero attached hydrogens (tertiary/aromatic N) is 1. The number of carbonyl (C=O) groups excluding carboxylic acids is 1. The van der Waals surface area contributed by atoms with Gasteiger partial charge >= 0.3 is 0 Å². The van der Waals surface area contributed by atoms with Gasteiger partial charge in [0.05, 0.1) is 12.2 Å². The van der Waals surface area contributed by atoms with Crippen LogP contribution < -0.4 is 10.6 Å². The summed E-state index contributed by atoms with van der Waals surface area (Å²) in [4.78, 5) is 11.6. The van der Waals surface area contributed by atoms with E-state index in [-0.39, 0.29) is 11.9 Å². The van der Waals surface area contributed by atoms with Crippen molar-refractivity contribution in [1.29, 1.82) is 0 Å². The van der Waals surface area contributed by atoms with Gasteiger partial charge in [0.1, 0.15) is 5.76 Å². The SMILES string of the molecule is CCCC(C)NC(=O)CNCc1c(C)noc1C. The van der Waals surface area contributed by atoms with Gasteiger partial charge in [-0.3, -0.25) is 4.79 Å². The van der Waals surface area contributed by atoms with Gasteiger partial charge in [-0.1, -0.05) is 18.5 Å². The largest absolute Gasteiger partial charge is 0.361 e. The van der Waals surface area contributed by atoms with E-state index in [0.717, 1.165) is 29.9 Å². The molecule has 1 unspecified atom stereocenters. The van der Waals surface area contributed by atoms with Crippen LogP contribution >= 0.6 is 0 Å². The van der Waals surface area contributed by atoms with Crippen molar-refractivity contribution >= 4 is 5.91 Å². The summed E-state index contributed by atoms with van der Waals surface area (Å²) >= 11 is 0. The Morgan fingerprint density at radius 1 is 1.44 bits per heavy atom. The molecule has 0 saturated carbocycles. The Kier molecular flexibility index (Phi) is 5.85. The van der Waals surface area contributed by atoms with Crippen molar-refractivity contribution in [1.82, 2.24) is 15.8 Å². The summed E-state index contributed by atoms with van der Waals surface area (Å²) in [6.45, 7) is 8.83. The molecule has 0 aliphatic heterocycles. The third-order valence-electron chi connectivity index (χ3n) is 2.90. The number of hydrogen-bond acceptors (Lipinski definition) is 4. The monoisotopic (exact) mass is 253 g/mol. The lowest BCUT2D eigenvalue weighted by atomic mass is 10.2. The molecule has 0 saturated heterocycles. The molecular formula is C13H23N3O2. The lowest BCUT2D eigenvalue weighted by molar-refractivity contribution is -0.120. The third kappa shape index (κ3) is 4.49. The Labute approximate surface area is 108 Å². The van der Waals surface area contributed by atoms with Gasteiger partial charge in [-0.2, -0.15) is 0 Å². The van der Waals surface area contributed by atoms with Crippen LogP contribution in [0.4, 0.5) is 0 Å². The van der Waals surface area contributed by atoms with Crippen molar-refractivity contribution in [3.05, 3.63) is 17.0 Å². The summed E-state index contributed by atoms with van der Waals surface area (Å²) in [5, 5.41) is 9.93. The third-order valence-corrected chi connectivity index (χ3v) is 2.90. The molecule has 1 heterocycles. The molecule has 0 spiro atoms. The molecule has 1 aromatic heterocycles. The molecule has 0 radical (unpaired) electrons. The van der Waals surface area contributed by atoms with E-state index >= 15 is 0 Å². The molecule has 5 nitrogen and oxygen atoms in total. The van der Waals surface area contributed by atoms with E-state index in [0.29, 0.717) is 13.1 Å². The number of aromatic nitrogens is 1. The van der Waals surface area contributed by atoms with Crippen LogP contribution in [0.25, 0.3) is 0 Å². The summed E-state index contributed by atoms with van der Waals surface area (Å²) in [6.07, 6.45) is 2.09. The van der Waals surface area contributed by atoms with E-state index in [1.807, 2.05) is 20.8 Å². The molecule has 1 aromatic rings. The predicted octanol–water partition coefficient (Wildman–Crippen LogP) is 1.69. The maximum Gasteiger partial charge on any atom is 0.234 e. The summed E-state index contributed by atoms with van der Waals surface area (Å²) in [5.74, 6) is 0.836. The molecule has 1 rings (SSSR count). The maximum absolute atomic E-state index is 11.6. The van der Waals surface area contributed by atoms with Crippen molar-refractivity contribution in [3.63, 3.8) is 0 Å². The van der Waals surface area contributed by atoms with Gasteiger partial charge in [-0.05, 0) is 27.2 Å². The fourth-order valence-electron chi connectivity index (χ4n) is 1.89. The Hall–Kier alpha value is -1.36. The van der Waals surface area contributed by atoms with E-state index in [1.165, 1.54) is 0 Å². The van der Waals surface area contributed by atoms with E-state index in [4.69, 9.17) is 4.52 Å². The topological polar surface area (TPSA) is 67.2 Å². The Morgan fingerprint density at radius 3 is 2.72 bits per heavy atom. The van der Waals surface area contributed by atoms with Crippen LogP contribution in [0.15, 0.2) is 4.52 Å². The first-order valence-electron chi connectivity index (χ1n) is 6.46. The fourth-order valence-corrected chi connectivity index (χ4v) is 1.89. The minimum Gasteiger partial charge on any atom is -0.361 e. The second-order valence-electron chi connectivity index (χ2n) is 4.66. The lowest BCUT2D eigenvalue weighted by Crippen LogP contribution is -2.38. The van der Waals surface area contributed by atoms with Crippen molar-refractivity contribution in [3.8, 4) is 0 Å². The van der Waals surface area contributed by atoms with Gasteiger partial charge in [0, 0.05) is 18.2 Å². The average Bonchev–Trinajstić information content (AvgIpc) is 2.60. The van der Waals surface area contributed by atoms with Crippen LogP contribution in [-0.4, -0.2) is 23.7 Å². The Balaban J connectivity index is 2.27. The minimum atomic E-state index is 0.0303. The van der Waals surface area contributed by atoms with E-state index < -0.39 is 0 Å². The predicted molar refractivity (Wildman–Crippen MR) is 70.2 cm³/mol. The number of amides is 1. The molecule has 18 heavy (non-hydrogen) atoms. The van der Waals surface area contributed by atoms with Crippen molar-refractivity contribution < 1.29 is 9.32 Å². The average molecular weight is 253 g/mol. The number of carbonyl (C=O) groups is 1. The molecular weight excluding hydrogens is 230 g/mol. The molecule has 0 fully saturated rings. The van der Waals surface area contributed by atoms with Crippen molar-refractivity contribution in [2.45, 2.75) is 53.1 Å². The summed E-state index contributed by atoms with van der Waals surface area (Å²) < 4.78 is 5.06. The molecule has 102 valence electrons. The molecule has 1 amide bonds. The van der Waals surface area contributed by atoms with Gasteiger partial charge in [0.2, 0.25) is 5.91 Å². The molecule has 0 aliphatic carbocycles. The lowest BCUT2D eigenvalue weighted by Gasteiger charge is -2.13. The molecule has 0 aromatic carbocycles. The maximum atomic E-state index is 11.6. The quantitative estimate of drug-likeness (QED) is 0.776. The highest BCUT2D eigenvalue weighted by Crippen LogP contribution is 2.11. The van der Waals surface area contributed by atoms with E-state index in [2.05, 4.69) is 22.7 Å². The molecule has 1 atom stereocenters. The van der Waals surface area contributed by atoms with Crippen LogP contribution in [0.2, 0.25) is 0 Å². The van der Waals surface area contributed by atoms with E-state index in [9.17, 15) is 4.79 Å². The van der Waals surface area contributed by atoms with Crippen LogP contribution in [0, 0.1) is 13.8 Å². The zero-order valence-corrected chi connectivity index (χ0v) is 11.7. The molecule has 2 N–H and O–H groups in total. The number of aryl methyl sites for hydroxylation is 2. The number of hydrogen-bond donors (Lipinski definition) is 2. The van der Waals surface area contributed by atoms with Crippen molar-refractivity contribution in [2.24, 2.45) is 0 Å². The van der Waals surface area contributed by atoms with Gasteiger partial charge < -0.3 is 15.2 Å². The van der Waals surface area contributed by atoms with Crippen LogP contribution in [0.3, 0.4) is 0 Å².